The molecule has 3 heterocycles. The van der Waals surface area contributed by atoms with Crippen molar-refractivity contribution >= 4 is 27.3 Å². The number of furan rings is 1. The number of thiophene rings is 1. The van der Waals surface area contributed by atoms with Crippen LogP contribution in [0.1, 0.15) is 25.0 Å². The number of nitrogens with one attached hydrogen (secondary N) is 1. The molecule has 2 aromatic heterocycles. The number of carbonyl (C=O) groups is 1. The van der Waals surface area contributed by atoms with E-state index in [1.807, 2.05) is 12.1 Å². The van der Waals surface area contributed by atoms with Crippen LogP contribution in [0.4, 0.5) is 0 Å². The second-order valence-electron chi connectivity index (χ2n) is 5.79. The maximum atomic E-state index is 12.2. The molecule has 0 atom stereocenters. The summed E-state index contributed by atoms with van der Waals surface area (Å²) in [5.41, 5.74) is 0. The lowest BCUT2D eigenvalue weighted by molar-refractivity contribution is -0.132. The molecule has 1 aliphatic rings. The molecule has 24 heavy (non-hydrogen) atoms. The van der Waals surface area contributed by atoms with E-state index >= 15 is 0 Å². The largest absolute Gasteiger partial charge is 0.469 e. The molecule has 1 saturated heterocycles. The van der Waals surface area contributed by atoms with Gasteiger partial charge in [-0.3, -0.25) is 4.79 Å². The molecule has 2 aromatic rings. The van der Waals surface area contributed by atoms with E-state index in [1.54, 1.807) is 28.7 Å². The number of carbonyl (C=O) groups excluding carboxylic acids is 1. The zero-order chi connectivity index (χ0) is 17.0. The van der Waals surface area contributed by atoms with Gasteiger partial charge in [-0.05, 0) is 36.4 Å². The minimum absolute atomic E-state index is 0.0889. The molecule has 0 radical (unpaired) electrons. The first-order valence-electron chi connectivity index (χ1n) is 7.90. The molecule has 0 aromatic carbocycles. The summed E-state index contributed by atoms with van der Waals surface area (Å²) < 4.78 is 32.7. The number of rotatable bonds is 6. The Bertz CT molecular complexity index is 746. The van der Waals surface area contributed by atoms with Crippen molar-refractivity contribution in [2.75, 3.05) is 13.1 Å². The molecule has 6 nitrogen and oxygen atoms in total. The number of piperidine rings is 1. The molecule has 0 aliphatic carbocycles. The fourth-order valence-electron chi connectivity index (χ4n) is 2.78. The van der Waals surface area contributed by atoms with Gasteiger partial charge in [0.1, 0.15) is 9.97 Å². The lowest BCUT2D eigenvalue weighted by atomic mass is 10.1. The van der Waals surface area contributed by atoms with Crippen molar-refractivity contribution in [3.8, 4) is 0 Å². The molecule has 1 amide bonds. The Balaban J connectivity index is 1.46. The van der Waals surface area contributed by atoms with Crippen LogP contribution in [0.15, 0.2) is 44.5 Å². The van der Waals surface area contributed by atoms with Crippen molar-refractivity contribution < 1.29 is 17.6 Å². The third-order valence-corrected chi connectivity index (χ3v) is 7.01. The fraction of sp³-hybridized carbons (Fsp3) is 0.438. The average Bonchev–Trinajstić information content (AvgIpc) is 3.26. The smallest absolute Gasteiger partial charge is 0.250 e. The fourth-order valence-corrected chi connectivity index (χ4v) is 5.10. The molecule has 130 valence electrons. The highest BCUT2D eigenvalue weighted by Gasteiger charge is 2.26. The molecule has 0 spiro atoms. The normalized spacial score (nSPS) is 16.4. The highest BCUT2D eigenvalue weighted by Crippen LogP contribution is 2.19. The molecule has 3 rings (SSSR count). The highest BCUT2D eigenvalue weighted by atomic mass is 32.2. The summed E-state index contributed by atoms with van der Waals surface area (Å²) in [4.78, 5) is 14.0. The van der Waals surface area contributed by atoms with Gasteiger partial charge in [-0.1, -0.05) is 6.07 Å². The van der Waals surface area contributed by atoms with Gasteiger partial charge < -0.3 is 9.32 Å². The van der Waals surface area contributed by atoms with Crippen LogP contribution in [0.25, 0.3) is 0 Å². The standard InChI is InChI=1S/C16H20N2O4S2/c19-15(6-5-14-3-1-11-22-14)18-9-7-13(8-10-18)17-24(20,21)16-4-2-12-23-16/h1-4,11-13,17H,5-10H2. The summed E-state index contributed by atoms with van der Waals surface area (Å²) in [5, 5.41) is 1.74. The van der Waals surface area contributed by atoms with E-state index in [0.717, 1.165) is 5.76 Å². The van der Waals surface area contributed by atoms with Crippen LogP contribution < -0.4 is 4.72 Å². The summed E-state index contributed by atoms with van der Waals surface area (Å²) in [7, 11) is -3.44. The zero-order valence-electron chi connectivity index (χ0n) is 13.2. The lowest BCUT2D eigenvalue weighted by Crippen LogP contribution is -2.46. The molecule has 1 aliphatic heterocycles. The Morgan fingerprint density at radius 2 is 2.08 bits per heavy atom. The van der Waals surface area contributed by atoms with Gasteiger partial charge in [-0.25, -0.2) is 13.1 Å². The lowest BCUT2D eigenvalue weighted by Gasteiger charge is -2.32. The van der Waals surface area contributed by atoms with E-state index < -0.39 is 10.0 Å². The number of aryl methyl sites for hydroxylation is 1. The van der Waals surface area contributed by atoms with E-state index in [-0.39, 0.29) is 11.9 Å². The summed E-state index contributed by atoms with van der Waals surface area (Å²) in [5.74, 6) is 0.896. The van der Waals surface area contributed by atoms with Crippen molar-refractivity contribution in [3.05, 3.63) is 41.7 Å². The van der Waals surface area contributed by atoms with E-state index in [2.05, 4.69) is 4.72 Å². The number of nitrogens with zero attached hydrogens (tertiary/aromatic N) is 1. The SMILES string of the molecule is O=C(CCc1ccco1)N1CCC(NS(=O)(=O)c2cccs2)CC1. The number of hydrogen-bond acceptors (Lipinski definition) is 5. The molecule has 0 bridgehead atoms. The van der Waals surface area contributed by atoms with Crippen molar-refractivity contribution in [2.45, 2.75) is 35.9 Å². The topological polar surface area (TPSA) is 79.6 Å². The first-order chi connectivity index (χ1) is 11.5. The molecule has 0 unspecified atom stereocenters. The van der Waals surface area contributed by atoms with Crippen molar-refractivity contribution in [1.82, 2.24) is 9.62 Å². The van der Waals surface area contributed by atoms with Crippen molar-refractivity contribution in [1.29, 1.82) is 0 Å². The van der Waals surface area contributed by atoms with Crippen LogP contribution in [0.3, 0.4) is 0 Å². The molecule has 8 heteroatoms. The van der Waals surface area contributed by atoms with Gasteiger partial charge in [0.2, 0.25) is 15.9 Å². The summed E-state index contributed by atoms with van der Waals surface area (Å²) in [6.45, 7) is 1.16. The van der Waals surface area contributed by atoms with Crippen LogP contribution in [-0.4, -0.2) is 38.4 Å². The number of hydrogen-bond donors (Lipinski definition) is 1. The summed E-state index contributed by atoms with van der Waals surface area (Å²) in [6, 6.07) is 6.87. The van der Waals surface area contributed by atoms with Crippen LogP contribution in [0.2, 0.25) is 0 Å². The van der Waals surface area contributed by atoms with Gasteiger partial charge in [-0.2, -0.15) is 0 Å². The van der Waals surface area contributed by atoms with Gasteiger partial charge in [0.05, 0.1) is 6.26 Å². The van der Waals surface area contributed by atoms with Crippen molar-refractivity contribution in [3.63, 3.8) is 0 Å². The van der Waals surface area contributed by atoms with E-state index in [9.17, 15) is 13.2 Å². The Hall–Kier alpha value is -1.64. The Labute approximate surface area is 145 Å². The highest BCUT2D eigenvalue weighted by molar-refractivity contribution is 7.91. The van der Waals surface area contributed by atoms with Crippen molar-refractivity contribution in [2.24, 2.45) is 0 Å². The maximum Gasteiger partial charge on any atom is 0.250 e. The molecule has 0 saturated carbocycles. The summed E-state index contributed by atoms with van der Waals surface area (Å²) in [6.07, 6.45) is 3.88. The predicted molar refractivity (Wildman–Crippen MR) is 91.3 cm³/mol. The van der Waals surface area contributed by atoms with E-state index in [4.69, 9.17) is 4.42 Å². The van der Waals surface area contributed by atoms with E-state index in [1.165, 1.54) is 11.3 Å². The third kappa shape index (κ3) is 4.25. The van der Waals surface area contributed by atoms with Gasteiger partial charge in [0, 0.05) is 32.0 Å². The second-order valence-corrected chi connectivity index (χ2v) is 8.68. The third-order valence-electron chi connectivity index (χ3n) is 4.09. The average molecular weight is 368 g/mol. The van der Waals surface area contributed by atoms with Gasteiger partial charge in [-0.15, -0.1) is 11.3 Å². The Morgan fingerprint density at radius 1 is 1.29 bits per heavy atom. The molecule has 1 N–H and O–H groups in total. The number of sulfonamides is 1. The maximum absolute atomic E-state index is 12.2. The quantitative estimate of drug-likeness (QED) is 0.848. The first kappa shape index (κ1) is 17.2. The molecule has 1 fully saturated rings. The number of likely N-dealkylation sites (tertiary alicyclic amines) is 1. The number of amides is 1. The van der Waals surface area contributed by atoms with Crippen LogP contribution in [0.5, 0.6) is 0 Å². The van der Waals surface area contributed by atoms with E-state index in [0.29, 0.717) is 43.0 Å². The Kier molecular flexibility index (Phi) is 5.37. The van der Waals surface area contributed by atoms with Gasteiger partial charge in [0.15, 0.2) is 0 Å². The van der Waals surface area contributed by atoms with Crippen LogP contribution in [-0.2, 0) is 21.2 Å². The molecular weight excluding hydrogens is 348 g/mol. The molecular formula is C16H20N2O4S2. The van der Waals surface area contributed by atoms with Crippen LogP contribution in [0, 0.1) is 0 Å². The Morgan fingerprint density at radius 3 is 2.71 bits per heavy atom. The first-order valence-corrected chi connectivity index (χ1v) is 10.3. The monoisotopic (exact) mass is 368 g/mol. The minimum atomic E-state index is -3.44. The second kappa shape index (κ2) is 7.50. The zero-order valence-corrected chi connectivity index (χ0v) is 14.8. The minimum Gasteiger partial charge on any atom is -0.469 e. The van der Waals surface area contributed by atoms with Gasteiger partial charge in [0.25, 0.3) is 0 Å². The van der Waals surface area contributed by atoms with Crippen LogP contribution >= 0.6 is 11.3 Å². The van der Waals surface area contributed by atoms with Gasteiger partial charge >= 0.3 is 0 Å². The summed E-state index contributed by atoms with van der Waals surface area (Å²) >= 11 is 1.21. The predicted octanol–water partition coefficient (Wildman–Crippen LogP) is 2.24.